The Hall–Kier alpha value is -3.72. The van der Waals surface area contributed by atoms with E-state index in [0.29, 0.717) is 0 Å². The van der Waals surface area contributed by atoms with Gasteiger partial charge >= 0.3 is 0 Å². The number of furan rings is 1. The van der Waals surface area contributed by atoms with Gasteiger partial charge in [-0.25, -0.2) is 4.57 Å². The molecule has 0 amide bonds. The smallest absolute Gasteiger partial charge is 0.248 e. The molecular formula is C28H28N2O+2. The summed E-state index contributed by atoms with van der Waals surface area (Å²) in [6, 6.07) is 29.0. The zero-order valence-corrected chi connectivity index (χ0v) is 18.5. The first-order valence-corrected chi connectivity index (χ1v) is 10.5. The van der Waals surface area contributed by atoms with Crippen molar-refractivity contribution >= 4 is 11.0 Å². The summed E-state index contributed by atoms with van der Waals surface area (Å²) < 4.78 is 10.2. The minimum absolute atomic E-state index is 0.948. The summed E-state index contributed by atoms with van der Waals surface area (Å²) >= 11 is 0. The third-order valence-electron chi connectivity index (χ3n) is 5.61. The monoisotopic (exact) mass is 408 g/mol. The number of rotatable bonds is 2. The van der Waals surface area contributed by atoms with E-state index in [4.69, 9.17) is 4.42 Å². The van der Waals surface area contributed by atoms with Crippen molar-refractivity contribution in [3.8, 4) is 22.7 Å². The minimum Gasteiger partial charge on any atom is -0.449 e. The third kappa shape index (κ3) is 4.26. The lowest BCUT2D eigenvalue weighted by Crippen LogP contribution is -2.30. The number of benzene rings is 2. The number of aryl methyl sites for hydroxylation is 4. The highest BCUT2D eigenvalue weighted by Gasteiger charge is 2.18. The van der Waals surface area contributed by atoms with Crippen molar-refractivity contribution in [2.24, 2.45) is 14.1 Å². The summed E-state index contributed by atoms with van der Waals surface area (Å²) in [6.07, 6.45) is 4.10. The minimum atomic E-state index is 0.948. The maximum Gasteiger partial charge on any atom is 0.248 e. The summed E-state index contributed by atoms with van der Waals surface area (Å²) in [7, 11) is 4.10. The van der Waals surface area contributed by atoms with Gasteiger partial charge in [0, 0.05) is 40.8 Å². The van der Waals surface area contributed by atoms with E-state index in [2.05, 4.69) is 84.8 Å². The van der Waals surface area contributed by atoms with Crippen molar-refractivity contribution in [3.05, 3.63) is 108 Å². The highest BCUT2D eigenvalue weighted by atomic mass is 16.3. The first-order valence-electron chi connectivity index (χ1n) is 10.5. The Morgan fingerprint density at radius 2 is 1.19 bits per heavy atom. The largest absolute Gasteiger partial charge is 0.449 e. The van der Waals surface area contributed by atoms with E-state index in [-0.39, 0.29) is 0 Å². The fourth-order valence-corrected chi connectivity index (χ4v) is 3.84. The fourth-order valence-electron chi connectivity index (χ4n) is 3.84. The predicted molar refractivity (Wildman–Crippen MR) is 125 cm³/mol. The van der Waals surface area contributed by atoms with Crippen LogP contribution in [0.2, 0.25) is 0 Å². The highest BCUT2D eigenvalue weighted by Crippen LogP contribution is 2.30. The lowest BCUT2D eigenvalue weighted by Gasteiger charge is -2.02. The lowest BCUT2D eigenvalue weighted by atomic mass is 10.1. The van der Waals surface area contributed by atoms with Crippen LogP contribution in [0.3, 0.4) is 0 Å². The Kier molecular flexibility index (Phi) is 5.94. The molecule has 0 radical (unpaired) electrons. The van der Waals surface area contributed by atoms with Gasteiger partial charge in [0.1, 0.15) is 19.7 Å². The van der Waals surface area contributed by atoms with Crippen LogP contribution in [0.1, 0.15) is 11.1 Å². The van der Waals surface area contributed by atoms with Gasteiger partial charge in [0.05, 0.1) is 0 Å². The van der Waals surface area contributed by atoms with Gasteiger partial charge in [0.2, 0.25) is 17.1 Å². The lowest BCUT2D eigenvalue weighted by molar-refractivity contribution is -0.660. The summed E-state index contributed by atoms with van der Waals surface area (Å²) in [5.74, 6) is 0.953. The quantitative estimate of drug-likeness (QED) is 0.342. The highest BCUT2D eigenvalue weighted by molar-refractivity contribution is 5.86. The molecule has 0 unspecified atom stereocenters. The second-order valence-electron chi connectivity index (χ2n) is 7.76. The second-order valence-corrected chi connectivity index (χ2v) is 7.76. The van der Waals surface area contributed by atoms with Gasteiger partial charge in [-0.3, -0.25) is 0 Å². The Bertz CT molecular complexity index is 1290. The second kappa shape index (κ2) is 8.97. The zero-order chi connectivity index (χ0) is 21.8. The Morgan fingerprint density at radius 3 is 1.84 bits per heavy atom. The van der Waals surface area contributed by atoms with Crippen molar-refractivity contribution in [2.75, 3.05) is 0 Å². The van der Waals surface area contributed by atoms with Crippen LogP contribution in [0.4, 0.5) is 0 Å². The average Bonchev–Trinajstić information content (AvgIpc) is 3.12. The molecule has 0 saturated carbocycles. The Balaban J connectivity index is 0.000000152. The Labute approximate surface area is 183 Å². The topological polar surface area (TPSA) is 20.9 Å². The van der Waals surface area contributed by atoms with E-state index in [1.807, 2.05) is 49.6 Å². The number of pyridine rings is 2. The fraction of sp³-hybridized carbons (Fsp3) is 0.143. The van der Waals surface area contributed by atoms with Gasteiger partial charge in [0.15, 0.2) is 12.4 Å². The van der Waals surface area contributed by atoms with E-state index >= 15 is 0 Å². The molecule has 3 nitrogen and oxygen atoms in total. The maximum atomic E-state index is 5.94. The van der Waals surface area contributed by atoms with Crippen LogP contribution in [0.15, 0.2) is 102 Å². The molecule has 5 rings (SSSR count). The first kappa shape index (κ1) is 20.5. The number of hydrogen-bond donors (Lipinski definition) is 0. The van der Waals surface area contributed by atoms with Gasteiger partial charge in [-0.05, 0) is 43.7 Å². The van der Waals surface area contributed by atoms with Gasteiger partial charge in [-0.2, -0.15) is 4.57 Å². The number of nitrogens with zero attached hydrogens (tertiary/aromatic N) is 2. The van der Waals surface area contributed by atoms with Crippen molar-refractivity contribution < 1.29 is 13.6 Å². The van der Waals surface area contributed by atoms with Gasteiger partial charge in [-0.1, -0.05) is 36.4 Å². The summed E-state index contributed by atoms with van der Waals surface area (Å²) in [5.41, 5.74) is 7.11. The van der Waals surface area contributed by atoms with Crippen molar-refractivity contribution in [1.29, 1.82) is 0 Å². The molecule has 0 bridgehead atoms. The third-order valence-corrected chi connectivity index (χ3v) is 5.61. The molecule has 0 fully saturated rings. The van der Waals surface area contributed by atoms with Crippen LogP contribution in [0, 0.1) is 13.8 Å². The molecule has 3 heterocycles. The number of hydrogen-bond acceptors (Lipinski definition) is 1. The van der Waals surface area contributed by atoms with Gasteiger partial charge < -0.3 is 4.42 Å². The molecule has 3 aromatic heterocycles. The molecule has 0 aliphatic rings. The molecule has 0 saturated heterocycles. The normalized spacial score (nSPS) is 10.6. The van der Waals surface area contributed by atoms with Crippen LogP contribution >= 0.6 is 0 Å². The number of para-hydroxylation sites is 1. The molecule has 0 N–H and O–H groups in total. The van der Waals surface area contributed by atoms with Crippen molar-refractivity contribution in [1.82, 2.24) is 0 Å². The van der Waals surface area contributed by atoms with E-state index in [1.165, 1.54) is 27.8 Å². The first-order chi connectivity index (χ1) is 15.1. The molecule has 0 spiro atoms. The molecule has 2 aromatic carbocycles. The van der Waals surface area contributed by atoms with Gasteiger partial charge in [-0.15, -0.1) is 0 Å². The van der Waals surface area contributed by atoms with Crippen LogP contribution in [0.5, 0.6) is 0 Å². The SMILES string of the molecule is Cc1c(-c2cccc[n+]2C)oc2ccccc12.Cc1ccccc1-c1cccc[n+]1C. The standard InChI is InChI=1S/C15H14NO.C13H14N/c1-11-12-7-3-4-9-14(12)17-15(11)13-8-5-6-10-16(13)2;1-11-7-3-4-8-12(11)13-9-5-6-10-14(13)2/h3-10H,1-2H3;3-10H,1-2H3/q2*+1. The van der Waals surface area contributed by atoms with Crippen LogP contribution < -0.4 is 9.13 Å². The molecule has 0 aliphatic carbocycles. The molecular weight excluding hydrogens is 380 g/mol. The molecule has 0 atom stereocenters. The molecule has 3 heteroatoms. The van der Waals surface area contributed by atoms with Crippen LogP contribution in [-0.4, -0.2) is 0 Å². The summed E-state index contributed by atoms with van der Waals surface area (Å²) in [4.78, 5) is 0. The average molecular weight is 409 g/mol. The molecule has 0 aliphatic heterocycles. The van der Waals surface area contributed by atoms with E-state index in [9.17, 15) is 0 Å². The number of aromatic nitrogens is 2. The van der Waals surface area contributed by atoms with Crippen LogP contribution in [0.25, 0.3) is 33.7 Å². The van der Waals surface area contributed by atoms with E-state index in [1.54, 1.807) is 0 Å². The number of fused-ring (bicyclic) bond motifs is 1. The van der Waals surface area contributed by atoms with E-state index in [0.717, 1.165) is 17.0 Å². The predicted octanol–water partition coefficient (Wildman–Crippen LogP) is 5.72. The Morgan fingerprint density at radius 1 is 0.613 bits per heavy atom. The van der Waals surface area contributed by atoms with Crippen molar-refractivity contribution in [3.63, 3.8) is 0 Å². The summed E-state index contributed by atoms with van der Waals surface area (Å²) in [6.45, 7) is 4.25. The van der Waals surface area contributed by atoms with Crippen LogP contribution in [-0.2, 0) is 14.1 Å². The molecule has 5 aromatic rings. The molecule has 31 heavy (non-hydrogen) atoms. The molecule has 154 valence electrons. The van der Waals surface area contributed by atoms with Crippen molar-refractivity contribution in [2.45, 2.75) is 13.8 Å². The zero-order valence-electron chi connectivity index (χ0n) is 18.5. The maximum absolute atomic E-state index is 5.94. The van der Waals surface area contributed by atoms with Gasteiger partial charge in [0.25, 0.3) is 0 Å². The van der Waals surface area contributed by atoms with E-state index < -0.39 is 0 Å². The summed E-state index contributed by atoms with van der Waals surface area (Å²) in [5, 5.41) is 1.19.